The van der Waals surface area contributed by atoms with E-state index in [-0.39, 0.29) is 4.90 Å². The topological polar surface area (TPSA) is 64.0 Å². The van der Waals surface area contributed by atoms with Gasteiger partial charge in [-0.25, -0.2) is 13.1 Å². The molecule has 126 valence electrons. The molecule has 7 heteroatoms. The lowest BCUT2D eigenvalue weighted by molar-refractivity contribution is 0.466. The van der Waals surface area contributed by atoms with Crippen molar-refractivity contribution < 1.29 is 8.42 Å². The molecule has 1 aliphatic rings. The summed E-state index contributed by atoms with van der Waals surface area (Å²) >= 11 is 1.51. The van der Waals surface area contributed by atoms with Crippen LogP contribution in [0.1, 0.15) is 52.5 Å². The molecule has 2 heterocycles. The Hall–Kier alpha value is -1.18. The van der Waals surface area contributed by atoms with Gasteiger partial charge in [0.1, 0.15) is 10.6 Å². The first-order valence-electron chi connectivity index (χ1n) is 7.93. The summed E-state index contributed by atoms with van der Waals surface area (Å²) in [7, 11) is -3.61. The van der Waals surface area contributed by atoms with Gasteiger partial charge >= 0.3 is 0 Å². The maximum absolute atomic E-state index is 12.8. The number of thiophene rings is 1. The fourth-order valence-corrected chi connectivity index (χ4v) is 5.33. The van der Waals surface area contributed by atoms with Crippen LogP contribution in [0.4, 0.5) is 0 Å². The predicted molar refractivity (Wildman–Crippen MR) is 93.1 cm³/mol. The van der Waals surface area contributed by atoms with E-state index in [0.717, 1.165) is 17.7 Å². The maximum atomic E-state index is 12.8. The van der Waals surface area contributed by atoms with E-state index in [2.05, 4.69) is 9.82 Å². The van der Waals surface area contributed by atoms with E-state index in [0.29, 0.717) is 11.7 Å². The van der Waals surface area contributed by atoms with Crippen molar-refractivity contribution in [3.8, 4) is 10.6 Å². The Morgan fingerprint density at radius 1 is 1.30 bits per heavy atom. The van der Waals surface area contributed by atoms with Gasteiger partial charge < -0.3 is 0 Å². The third-order valence-corrected chi connectivity index (χ3v) is 6.52. The molecule has 0 amide bonds. The van der Waals surface area contributed by atoms with Crippen LogP contribution in [0.2, 0.25) is 0 Å². The molecule has 0 aromatic carbocycles. The lowest BCUT2D eigenvalue weighted by Gasteiger charge is -2.20. The highest BCUT2D eigenvalue weighted by Crippen LogP contribution is 2.34. The molecule has 0 bridgehead atoms. The summed E-state index contributed by atoms with van der Waals surface area (Å²) in [6, 6.07) is 4.15. The Balaban J connectivity index is 2.07. The highest BCUT2D eigenvalue weighted by Gasteiger charge is 2.30. The highest BCUT2D eigenvalue weighted by atomic mass is 32.2. The normalized spacial score (nSPS) is 17.0. The second kappa shape index (κ2) is 6.03. The summed E-state index contributed by atoms with van der Waals surface area (Å²) in [4.78, 5) is 1.16. The van der Waals surface area contributed by atoms with Crippen molar-refractivity contribution in [2.45, 2.75) is 62.9 Å². The number of nitrogens with zero attached hydrogens (tertiary/aromatic N) is 2. The highest BCUT2D eigenvalue weighted by molar-refractivity contribution is 7.89. The lowest BCUT2D eigenvalue weighted by Crippen LogP contribution is -2.40. The summed E-state index contributed by atoms with van der Waals surface area (Å²) < 4.78 is 30.3. The zero-order valence-electron chi connectivity index (χ0n) is 13.7. The van der Waals surface area contributed by atoms with Gasteiger partial charge in [0.2, 0.25) is 10.0 Å². The summed E-state index contributed by atoms with van der Waals surface area (Å²) in [5, 5.41) is 6.58. The van der Waals surface area contributed by atoms with E-state index in [1.54, 1.807) is 6.20 Å². The number of hydrogen-bond acceptors (Lipinski definition) is 4. The second-order valence-electron chi connectivity index (χ2n) is 7.09. The zero-order chi connectivity index (χ0) is 16.7. The largest absolute Gasteiger partial charge is 0.268 e. The molecule has 5 nitrogen and oxygen atoms in total. The quantitative estimate of drug-likeness (QED) is 0.909. The van der Waals surface area contributed by atoms with E-state index in [1.165, 1.54) is 24.2 Å². The van der Waals surface area contributed by atoms with Crippen LogP contribution in [0.15, 0.2) is 28.6 Å². The first-order valence-corrected chi connectivity index (χ1v) is 10.3. The van der Waals surface area contributed by atoms with Crippen LogP contribution in [0.5, 0.6) is 0 Å². The number of sulfonamides is 1. The Morgan fingerprint density at radius 3 is 2.57 bits per heavy atom. The Labute approximate surface area is 141 Å². The van der Waals surface area contributed by atoms with Gasteiger partial charge in [-0.3, -0.25) is 4.68 Å². The molecule has 2 aromatic rings. The minimum absolute atomic E-state index is 0.279. The summed E-state index contributed by atoms with van der Waals surface area (Å²) in [6.45, 7) is 5.53. The minimum atomic E-state index is -3.61. The molecule has 3 rings (SSSR count). The first kappa shape index (κ1) is 16.7. The SMILES string of the molecule is CC(C)(C)NS(=O)(=O)c1cn(C2CCCC2)nc1-c1cccs1. The molecule has 0 radical (unpaired) electrons. The van der Waals surface area contributed by atoms with Gasteiger partial charge in [0.05, 0.1) is 10.9 Å². The molecule has 0 aliphatic heterocycles. The minimum Gasteiger partial charge on any atom is -0.268 e. The molecule has 1 N–H and O–H groups in total. The van der Waals surface area contributed by atoms with Crippen LogP contribution >= 0.6 is 11.3 Å². The van der Waals surface area contributed by atoms with Gasteiger partial charge in [0.25, 0.3) is 0 Å². The van der Waals surface area contributed by atoms with Gasteiger partial charge in [-0.05, 0) is 45.1 Å². The Bertz CT molecular complexity index is 765. The molecule has 23 heavy (non-hydrogen) atoms. The Morgan fingerprint density at radius 2 is 2.00 bits per heavy atom. The maximum Gasteiger partial charge on any atom is 0.244 e. The average molecular weight is 354 g/mol. The van der Waals surface area contributed by atoms with Crippen molar-refractivity contribution in [2.75, 3.05) is 0 Å². The van der Waals surface area contributed by atoms with Crippen molar-refractivity contribution >= 4 is 21.4 Å². The van der Waals surface area contributed by atoms with Crippen molar-refractivity contribution in [3.63, 3.8) is 0 Å². The molecule has 1 aliphatic carbocycles. The fraction of sp³-hybridized carbons (Fsp3) is 0.562. The average Bonchev–Trinajstić information content (AvgIpc) is 3.17. The van der Waals surface area contributed by atoms with Crippen molar-refractivity contribution in [3.05, 3.63) is 23.7 Å². The van der Waals surface area contributed by atoms with Crippen LogP contribution in [0.25, 0.3) is 10.6 Å². The molecule has 2 aromatic heterocycles. The van der Waals surface area contributed by atoms with Crippen molar-refractivity contribution in [2.24, 2.45) is 0 Å². The van der Waals surface area contributed by atoms with Gasteiger partial charge in [-0.15, -0.1) is 11.3 Å². The molecule has 1 fully saturated rings. The zero-order valence-corrected chi connectivity index (χ0v) is 15.4. The van der Waals surface area contributed by atoms with Crippen LogP contribution in [-0.2, 0) is 10.0 Å². The van der Waals surface area contributed by atoms with Gasteiger partial charge in [-0.2, -0.15) is 5.10 Å². The van der Waals surface area contributed by atoms with E-state index in [9.17, 15) is 8.42 Å². The van der Waals surface area contributed by atoms with E-state index in [4.69, 9.17) is 0 Å². The van der Waals surface area contributed by atoms with E-state index >= 15 is 0 Å². The van der Waals surface area contributed by atoms with Crippen LogP contribution in [-0.4, -0.2) is 23.7 Å². The number of aromatic nitrogens is 2. The number of hydrogen-bond donors (Lipinski definition) is 1. The van der Waals surface area contributed by atoms with Gasteiger partial charge in [0, 0.05) is 11.7 Å². The fourth-order valence-electron chi connectivity index (χ4n) is 2.97. The predicted octanol–water partition coefficient (Wildman–Crippen LogP) is 3.80. The molecule has 0 atom stereocenters. The molecule has 1 saturated carbocycles. The van der Waals surface area contributed by atoms with Gasteiger partial charge in [-0.1, -0.05) is 18.9 Å². The monoisotopic (exact) mass is 353 g/mol. The van der Waals surface area contributed by atoms with E-state index < -0.39 is 15.6 Å². The van der Waals surface area contributed by atoms with Crippen LogP contribution in [0.3, 0.4) is 0 Å². The Kier molecular flexibility index (Phi) is 4.37. The third-order valence-electron chi connectivity index (χ3n) is 3.88. The summed E-state index contributed by atoms with van der Waals surface area (Å²) in [6.07, 6.45) is 6.21. The third kappa shape index (κ3) is 3.67. The molecule has 0 saturated heterocycles. The molecule has 0 spiro atoms. The van der Waals surface area contributed by atoms with Gasteiger partial charge in [0.15, 0.2) is 0 Å². The first-order chi connectivity index (χ1) is 10.8. The molecular weight excluding hydrogens is 330 g/mol. The van der Waals surface area contributed by atoms with E-state index in [1.807, 2.05) is 43.0 Å². The standard InChI is InChI=1S/C16H23N3O2S2/c1-16(2,3)18-23(20,21)14-11-19(12-7-4-5-8-12)17-15(14)13-9-6-10-22-13/h6,9-12,18H,4-5,7-8H2,1-3H3. The summed E-state index contributed by atoms with van der Waals surface area (Å²) in [5.41, 5.74) is 0.0322. The summed E-state index contributed by atoms with van der Waals surface area (Å²) in [5.74, 6) is 0. The number of nitrogens with one attached hydrogen (secondary N) is 1. The lowest BCUT2D eigenvalue weighted by atomic mass is 10.1. The molecule has 0 unspecified atom stereocenters. The van der Waals surface area contributed by atoms with Crippen LogP contribution in [0, 0.1) is 0 Å². The smallest absolute Gasteiger partial charge is 0.244 e. The second-order valence-corrected chi connectivity index (χ2v) is 9.69. The van der Waals surface area contributed by atoms with Crippen molar-refractivity contribution in [1.29, 1.82) is 0 Å². The number of rotatable bonds is 4. The van der Waals surface area contributed by atoms with Crippen LogP contribution < -0.4 is 4.72 Å². The molecular formula is C16H23N3O2S2. The van der Waals surface area contributed by atoms with Crippen molar-refractivity contribution in [1.82, 2.24) is 14.5 Å².